The summed E-state index contributed by atoms with van der Waals surface area (Å²) in [6.45, 7) is 3.92. The first-order chi connectivity index (χ1) is 46.8. The van der Waals surface area contributed by atoms with Gasteiger partial charge in [0.15, 0.2) is 0 Å². The molecule has 6 aromatic rings. The first-order valence-corrected chi connectivity index (χ1v) is 33.3. The quantitative estimate of drug-likeness (QED) is 0.0610. The van der Waals surface area contributed by atoms with Crippen molar-refractivity contribution in [2.45, 2.75) is 159 Å². The second-order valence-corrected chi connectivity index (χ2v) is 25.6. The zero-order valence-electron chi connectivity index (χ0n) is 55.0. The molecule has 10 bridgehead atoms. The molecular weight excluding hydrogens is 1250 g/mol. The standard InChI is InChI=1S/C71H86FN13O12/c1-45(87)37-76-67(92)65-61-25-29-84(65)68(93)59-35-52-40-82(60-23-20-53(72)36-56(52)60)42-54-43-83(81-80-54)41-51-32-48(24-27-73-70(95)71(2)26-10-28-85(71)69(94)58(77-44-86)33-47-17-21-55(96-3)22-18-47)16-19-50(51)38-74-62(88)14-5-4-6-15-63(89)75-39-64(90)78-57(66(91)79-59)34-49-13-9-12-46(31-49)11-7-8-30-97-61/h7-9,12-13,16-23,31-32,36,40,43-45,57-59,61,65,87H,4-6,10-11,14-15,24-30,33-35,37-39,41-42H2,1-3H3,(H,73,95)(H,74,88)(H,75,89)(H,76,92)(H,77,86)(H,78,90)(H,79,91)/b8-7+/t45-,57+,58+,59+,61?,65+,71+/m1/s1. The van der Waals surface area contributed by atoms with E-state index in [9.17, 15) is 38.7 Å². The smallest absolute Gasteiger partial charge is 0.246 e. The van der Waals surface area contributed by atoms with Crippen molar-refractivity contribution < 1.29 is 62.1 Å². The average molecular weight is 1330 g/mol. The van der Waals surface area contributed by atoms with Crippen molar-refractivity contribution in [2.24, 2.45) is 0 Å². The van der Waals surface area contributed by atoms with E-state index < -0.39 is 83.8 Å². The highest BCUT2D eigenvalue weighted by atomic mass is 19.1. The lowest BCUT2D eigenvalue weighted by molar-refractivity contribution is -0.145. The Kier molecular flexibility index (Phi) is 23.6. The predicted molar refractivity (Wildman–Crippen MR) is 355 cm³/mol. The molecule has 2 aromatic heterocycles. The lowest BCUT2D eigenvalue weighted by atomic mass is 9.95. The number of nitrogens with one attached hydrogen (secondary N) is 7. The van der Waals surface area contributed by atoms with Crippen molar-refractivity contribution in [1.29, 1.82) is 0 Å². The number of hydrogen-bond acceptors (Lipinski definition) is 14. The van der Waals surface area contributed by atoms with Crippen molar-refractivity contribution in [1.82, 2.24) is 66.6 Å². The monoisotopic (exact) mass is 1330 g/mol. The van der Waals surface area contributed by atoms with Crippen molar-refractivity contribution in [3.63, 3.8) is 0 Å². The predicted octanol–water partition coefficient (Wildman–Crippen LogP) is 2.92. The molecule has 0 saturated carbocycles. The minimum atomic E-state index is -1.42. The summed E-state index contributed by atoms with van der Waals surface area (Å²) < 4.78 is 30.7. The van der Waals surface area contributed by atoms with Crippen LogP contribution in [0.1, 0.15) is 110 Å². The van der Waals surface area contributed by atoms with Crippen LogP contribution in [-0.4, -0.2) is 176 Å². The lowest BCUT2D eigenvalue weighted by Gasteiger charge is -2.36. The van der Waals surface area contributed by atoms with Crippen LogP contribution in [0.15, 0.2) is 109 Å². The molecule has 0 radical (unpaired) electrons. The minimum absolute atomic E-state index is 0.0165. The van der Waals surface area contributed by atoms with E-state index in [4.69, 9.17) is 9.47 Å². The number of rotatable bonds is 13. The first-order valence-electron chi connectivity index (χ1n) is 33.3. The Balaban J connectivity index is 0.926. The van der Waals surface area contributed by atoms with E-state index in [2.05, 4.69) is 47.5 Å². The zero-order chi connectivity index (χ0) is 68.6. The topological polar surface area (TPSA) is 319 Å². The van der Waals surface area contributed by atoms with Crippen molar-refractivity contribution >= 4 is 64.6 Å². The van der Waals surface area contributed by atoms with E-state index in [1.54, 1.807) is 54.2 Å². The third-order valence-corrected chi connectivity index (χ3v) is 18.5. The van der Waals surface area contributed by atoms with Gasteiger partial charge in [-0.1, -0.05) is 78.4 Å². The molecule has 7 atom stereocenters. The molecule has 9 amide bonds. The van der Waals surface area contributed by atoms with E-state index >= 15 is 14.0 Å². The number of likely N-dealkylation sites (tertiary alicyclic amines) is 1. The summed E-state index contributed by atoms with van der Waals surface area (Å²) in [5.41, 5.74) is 5.19. The molecule has 0 spiro atoms. The molecular formula is C71H86FN13O12. The van der Waals surface area contributed by atoms with Gasteiger partial charge in [-0.05, 0) is 128 Å². The van der Waals surface area contributed by atoms with Crippen LogP contribution in [0.5, 0.6) is 5.75 Å². The molecule has 2 fully saturated rings. The highest BCUT2D eigenvalue weighted by Crippen LogP contribution is 2.32. The SMILES string of the molecule is COc1ccc(C[C@H](NC=O)C(=O)N2CCC[C@@]2(C)C(=O)NCCc2ccc3c(c2)Cn2cc(nn2)Cn2cc(c4cc(F)ccc42)C[C@@H]2NC(=O)[C@H](Cc4cccc(c4)C/C=C/COC4CCN(C2=O)[C@@H]4C(=O)NC[C@@H](C)O)NC(=O)CNC(=O)CCCCCC(=O)NC3)cc1. The van der Waals surface area contributed by atoms with Crippen molar-refractivity contribution in [3.05, 3.63) is 160 Å². The fraction of sp³-hybridized carbons (Fsp3) is 0.451. The molecule has 4 aromatic carbocycles. The normalized spacial score (nSPS) is 22.1. The highest BCUT2D eigenvalue weighted by Gasteiger charge is 2.48. The molecule has 97 heavy (non-hydrogen) atoms. The first kappa shape index (κ1) is 70.0. The number of ether oxygens (including phenoxy) is 2. The zero-order valence-corrected chi connectivity index (χ0v) is 55.0. The molecule has 25 nitrogen and oxygen atoms in total. The molecule has 4 aliphatic rings. The summed E-state index contributed by atoms with van der Waals surface area (Å²) in [5.74, 6) is -3.84. The summed E-state index contributed by atoms with van der Waals surface area (Å²) in [7, 11) is 1.56. The summed E-state index contributed by atoms with van der Waals surface area (Å²) in [6, 6.07) is 20.0. The van der Waals surface area contributed by atoms with Crippen LogP contribution < -0.4 is 42.0 Å². The molecule has 6 heterocycles. The Morgan fingerprint density at radius 2 is 1.59 bits per heavy atom. The molecule has 10 rings (SSSR count). The number of hydrogen-bond donors (Lipinski definition) is 8. The number of nitrogens with zero attached hydrogens (tertiary/aromatic N) is 6. The molecule has 4 aliphatic heterocycles. The fourth-order valence-electron chi connectivity index (χ4n) is 13.3. The van der Waals surface area contributed by atoms with Gasteiger partial charge in [-0.25, -0.2) is 9.07 Å². The van der Waals surface area contributed by atoms with E-state index in [-0.39, 0.29) is 102 Å². The Labute approximate surface area is 562 Å². The summed E-state index contributed by atoms with van der Waals surface area (Å²) >= 11 is 0. The highest BCUT2D eigenvalue weighted by molar-refractivity contribution is 5.97. The van der Waals surface area contributed by atoms with Crippen LogP contribution in [0.4, 0.5) is 4.39 Å². The Hall–Kier alpha value is -9.82. The van der Waals surface area contributed by atoms with Gasteiger partial charge in [-0.3, -0.25) is 43.2 Å². The van der Waals surface area contributed by atoms with Gasteiger partial charge < -0.3 is 66.2 Å². The number of methoxy groups -OCH3 is 1. The number of carbonyl (C=O) groups excluding carboxylic acids is 9. The lowest BCUT2D eigenvalue weighted by Crippen LogP contribution is -2.59. The van der Waals surface area contributed by atoms with Crippen molar-refractivity contribution in [2.75, 3.05) is 46.4 Å². The van der Waals surface area contributed by atoms with Gasteiger partial charge in [-0.2, -0.15) is 0 Å². The van der Waals surface area contributed by atoms with Gasteiger partial charge in [0.05, 0.1) is 51.8 Å². The Bertz CT molecular complexity index is 3870. The largest absolute Gasteiger partial charge is 0.497 e. The van der Waals surface area contributed by atoms with Gasteiger partial charge in [0.1, 0.15) is 47.0 Å². The number of aromatic nitrogens is 4. The summed E-state index contributed by atoms with van der Waals surface area (Å²) in [6.07, 6.45) is 9.94. The number of amides is 9. The summed E-state index contributed by atoms with van der Waals surface area (Å²) in [4.78, 5) is 128. The Morgan fingerprint density at radius 3 is 2.36 bits per heavy atom. The van der Waals surface area contributed by atoms with Crippen molar-refractivity contribution in [3.8, 4) is 5.75 Å². The third kappa shape index (κ3) is 18.2. The number of aliphatic hydroxyl groups is 1. The minimum Gasteiger partial charge on any atom is -0.497 e. The molecule has 0 aliphatic carbocycles. The average Bonchev–Trinajstić information content (AvgIpc) is 1.70. The third-order valence-electron chi connectivity index (χ3n) is 18.5. The van der Waals surface area contributed by atoms with Gasteiger partial charge >= 0.3 is 0 Å². The molecule has 514 valence electrons. The van der Waals surface area contributed by atoms with Crippen LogP contribution in [-0.2, 0) is 99.6 Å². The van der Waals surface area contributed by atoms with Crippen LogP contribution in [0.25, 0.3) is 10.9 Å². The van der Waals surface area contributed by atoms with E-state index in [1.807, 2.05) is 71.3 Å². The second-order valence-electron chi connectivity index (χ2n) is 25.6. The molecule has 1 unspecified atom stereocenters. The van der Waals surface area contributed by atoms with Crippen LogP contribution in [0.2, 0.25) is 0 Å². The number of halogens is 1. The number of allylic oxidation sites excluding steroid dienone is 1. The van der Waals surface area contributed by atoms with Crippen LogP contribution >= 0.6 is 0 Å². The number of aliphatic hydroxyl groups excluding tert-OH is 1. The molecule has 26 heteroatoms. The van der Waals surface area contributed by atoms with E-state index in [0.717, 1.165) is 27.8 Å². The number of benzene rings is 4. The van der Waals surface area contributed by atoms with Gasteiger partial charge in [-0.15, -0.1) is 5.10 Å². The Morgan fingerprint density at radius 1 is 0.814 bits per heavy atom. The van der Waals surface area contributed by atoms with Crippen LogP contribution in [0, 0.1) is 5.82 Å². The maximum Gasteiger partial charge on any atom is 0.246 e. The van der Waals surface area contributed by atoms with Gasteiger partial charge in [0.25, 0.3) is 0 Å². The fourth-order valence-corrected chi connectivity index (χ4v) is 13.3. The van der Waals surface area contributed by atoms with Gasteiger partial charge in [0, 0.05) is 81.9 Å². The second kappa shape index (κ2) is 32.7. The van der Waals surface area contributed by atoms with Gasteiger partial charge in [0.2, 0.25) is 53.7 Å². The maximum absolute atomic E-state index is 15.6. The van der Waals surface area contributed by atoms with Crippen LogP contribution in [0.3, 0.4) is 0 Å². The molecule has 2 saturated heterocycles. The summed E-state index contributed by atoms with van der Waals surface area (Å²) in [5, 5.41) is 39.6. The van der Waals surface area contributed by atoms with E-state index in [0.29, 0.717) is 91.4 Å². The maximum atomic E-state index is 15.6. The number of carbonyl (C=O) groups is 9. The molecule has 8 N–H and O–H groups in total. The number of fused-ring (bicyclic) bond motifs is 15. The van der Waals surface area contributed by atoms with E-state index in [1.165, 1.54) is 24.0 Å².